The molecule has 0 aliphatic heterocycles. The maximum atomic E-state index is 12.9. The Hall–Kier alpha value is -1.56. The molecular weight excluding hydrogens is 305 g/mol. The summed E-state index contributed by atoms with van der Waals surface area (Å²) in [5.74, 6) is -0.697. The number of thioether (sulfide) groups is 1. The standard InChI is InChI=1S/C16H22FNO3S/c1-2-3-9-22-10-8-15(19)18-11-14(16(20)21)12-4-6-13(17)7-5-12/h4-7,14H,2-3,8-11H2,1H3,(H,18,19)(H,20,21). The molecule has 0 saturated carbocycles. The van der Waals surface area contributed by atoms with E-state index in [2.05, 4.69) is 12.2 Å². The minimum atomic E-state index is -1.04. The second-order valence-electron chi connectivity index (χ2n) is 4.96. The van der Waals surface area contributed by atoms with Crippen LogP contribution in [0, 0.1) is 5.82 Å². The molecule has 122 valence electrons. The number of carbonyl (C=O) groups is 2. The van der Waals surface area contributed by atoms with E-state index in [9.17, 15) is 19.1 Å². The molecule has 6 heteroatoms. The predicted octanol–water partition coefficient (Wildman–Crippen LogP) is 3.03. The smallest absolute Gasteiger partial charge is 0.312 e. The van der Waals surface area contributed by atoms with Crippen molar-refractivity contribution in [2.24, 2.45) is 0 Å². The van der Waals surface area contributed by atoms with Crippen LogP contribution >= 0.6 is 11.8 Å². The monoisotopic (exact) mass is 327 g/mol. The number of carboxylic acid groups (broad SMARTS) is 1. The molecule has 0 aliphatic carbocycles. The quantitative estimate of drug-likeness (QED) is 0.648. The van der Waals surface area contributed by atoms with Crippen molar-refractivity contribution >= 4 is 23.6 Å². The van der Waals surface area contributed by atoms with Crippen LogP contribution in [-0.2, 0) is 9.59 Å². The third kappa shape index (κ3) is 6.93. The largest absolute Gasteiger partial charge is 0.481 e. The van der Waals surface area contributed by atoms with E-state index in [-0.39, 0.29) is 12.5 Å². The number of carboxylic acids is 1. The van der Waals surface area contributed by atoms with Gasteiger partial charge < -0.3 is 10.4 Å². The SMILES string of the molecule is CCCCSCCC(=O)NCC(C(=O)O)c1ccc(F)cc1. The lowest BCUT2D eigenvalue weighted by Crippen LogP contribution is -2.31. The van der Waals surface area contributed by atoms with Crippen LogP contribution in [0.1, 0.15) is 37.7 Å². The summed E-state index contributed by atoms with van der Waals surface area (Å²) in [6.07, 6.45) is 2.65. The van der Waals surface area contributed by atoms with Gasteiger partial charge in [-0.1, -0.05) is 25.5 Å². The van der Waals surface area contributed by atoms with Gasteiger partial charge in [0.1, 0.15) is 5.82 Å². The van der Waals surface area contributed by atoms with Crippen LogP contribution < -0.4 is 5.32 Å². The van der Waals surface area contributed by atoms with Crippen LogP contribution in [0.2, 0.25) is 0 Å². The highest BCUT2D eigenvalue weighted by Gasteiger charge is 2.20. The summed E-state index contributed by atoms with van der Waals surface area (Å²) in [7, 11) is 0. The highest BCUT2D eigenvalue weighted by atomic mass is 32.2. The van der Waals surface area contributed by atoms with Crippen molar-refractivity contribution < 1.29 is 19.1 Å². The Morgan fingerprint density at radius 3 is 2.55 bits per heavy atom. The molecule has 0 radical (unpaired) electrons. The van der Waals surface area contributed by atoms with Crippen LogP contribution in [0.5, 0.6) is 0 Å². The van der Waals surface area contributed by atoms with Gasteiger partial charge in [-0.05, 0) is 29.9 Å². The lowest BCUT2D eigenvalue weighted by atomic mass is 9.99. The number of carbonyl (C=O) groups excluding carboxylic acids is 1. The van der Waals surface area contributed by atoms with E-state index in [1.54, 1.807) is 11.8 Å². The number of unbranched alkanes of at least 4 members (excludes halogenated alkanes) is 1. The lowest BCUT2D eigenvalue weighted by Gasteiger charge is -2.14. The molecule has 1 atom stereocenters. The second-order valence-corrected chi connectivity index (χ2v) is 6.19. The minimum absolute atomic E-state index is 0.0133. The molecule has 0 aromatic heterocycles. The molecule has 2 N–H and O–H groups in total. The molecule has 1 amide bonds. The van der Waals surface area contributed by atoms with E-state index < -0.39 is 17.7 Å². The molecule has 1 aromatic rings. The molecule has 4 nitrogen and oxygen atoms in total. The van der Waals surface area contributed by atoms with E-state index in [1.165, 1.54) is 24.3 Å². The first-order valence-corrected chi connectivity index (χ1v) is 8.52. The third-order valence-electron chi connectivity index (χ3n) is 3.19. The second kappa shape index (κ2) is 10.2. The number of amides is 1. The molecule has 0 spiro atoms. The summed E-state index contributed by atoms with van der Waals surface area (Å²) in [6.45, 7) is 2.13. The molecule has 0 bridgehead atoms. The van der Waals surface area contributed by atoms with Gasteiger partial charge in [0.25, 0.3) is 0 Å². The van der Waals surface area contributed by atoms with Crippen molar-refractivity contribution in [1.82, 2.24) is 5.32 Å². The summed E-state index contributed by atoms with van der Waals surface area (Å²) in [4.78, 5) is 23.0. The fourth-order valence-electron chi connectivity index (χ4n) is 1.86. The van der Waals surface area contributed by atoms with Crippen molar-refractivity contribution in [2.45, 2.75) is 32.1 Å². The fourth-order valence-corrected chi connectivity index (χ4v) is 2.89. The third-order valence-corrected chi connectivity index (χ3v) is 4.26. The number of benzene rings is 1. The van der Waals surface area contributed by atoms with Gasteiger partial charge >= 0.3 is 5.97 Å². The van der Waals surface area contributed by atoms with Gasteiger partial charge in [-0.2, -0.15) is 11.8 Å². The van der Waals surface area contributed by atoms with Gasteiger partial charge in [-0.25, -0.2) is 4.39 Å². The first-order chi connectivity index (χ1) is 10.5. The number of hydrogen-bond acceptors (Lipinski definition) is 3. The molecule has 0 fully saturated rings. The van der Waals surface area contributed by atoms with E-state index in [4.69, 9.17) is 0 Å². The molecule has 1 unspecified atom stereocenters. The molecular formula is C16H22FNO3S. The normalized spacial score (nSPS) is 11.9. The zero-order valence-corrected chi connectivity index (χ0v) is 13.5. The number of halogens is 1. The molecule has 1 aromatic carbocycles. The summed E-state index contributed by atoms with van der Waals surface area (Å²) in [5.41, 5.74) is 0.478. The van der Waals surface area contributed by atoms with E-state index in [0.29, 0.717) is 12.0 Å². The topological polar surface area (TPSA) is 66.4 Å². The van der Waals surface area contributed by atoms with Crippen molar-refractivity contribution in [3.63, 3.8) is 0 Å². The number of hydrogen-bond donors (Lipinski definition) is 2. The summed E-state index contributed by atoms with van der Waals surface area (Å²) in [6, 6.07) is 5.30. The van der Waals surface area contributed by atoms with Crippen molar-refractivity contribution in [3.8, 4) is 0 Å². The van der Waals surface area contributed by atoms with Crippen LogP contribution in [0.3, 0.4) is 0 Å². The van der Waals surface area contributed by atoms with Gasteiger partial charge in [-0.15, -0.1) is 0 Å². The Balaban J connectivity index is 2.40. The van der Waals surface area contributed by atoms with Gasteiger partial charge in [0.2, 0.25) is 5.91 Å². The molecule has 22 heavy (non-hydrogen) atoms. The maximum absolute atomic E-state index is 12.9. The van der Waals surface area contributed by atoms with Crippen molar-refractivity contribution in [2.75, 3.05) is 18.1 Å². The lowest BCUT2D eigenvalue weighted by molar-refractivity contribution is -0.138. The molecule has 0 heterocycles. The Morgan fingerprint density at radius 1 is 1.27 bits per heavy atom. The Bertz CT molecular complexity index is 479. The zero-order valence-electron chi connectivity index (χ0n) is 12.7. The molecule has 0 aliphatic rings. The van der Waals surface area contributed by atoms with Gasteiger partial charge in [0, 0.05) is 18.7 Å². The fraction of sp³-hybridized carbons (Fsp3) is 0.500. The average Bonchev–Trinajstić information content (AvgIpc) is 2.48. The first-order valence-electron chi connectivity index (χ1n) is 7.37. The Kier molecular flexibility index (Phi) is 8.58. The Labute approximate surface area is 134 Å². The summed E-state index contributed by atoms with van der Waals surface area (Å²) >= 11 is 1.73. The number of aliphatic carboxylic acids is 1. The van der Waals surface area contributed by atoms with Crippen LogP contribution in [0.15, 0.2) is 24.3 Å². The van der Waals surface area contributed by atoms with E-state index >= 15 is 0 Å². The van der Waals surface area contributed by atoms with Gasteiger partial charge in [0.05, 0.1) is 5.92 Å². The average molecular weight is 327 g/mol. The van der Waals surface area contributed by atoms with Gasteiger partial charge in [0.15, 0.2) is 0 Å². The van der Waals surface area contributed by atoms with Crippen LogP contribution in [-0.4, -0.2) is 35.0 Å². The predicted molar refractivity (Wildman–Crippen MR) is 86.6 cm³/mol. The van der Waals surface area contributed by atoms with E-state index in [0.717, 1.165) is 24.3 Å². The molecule has 1 rings (SSSR count). The van der Waals surface area contributed by atoms with Gasteiger partial charge in [-0.3, -0.25) is 9.59 Å². The first kappa shape index (κ1) is 18.5. The highest BCUT2D eigenvalue weighted by Crippen LogP contribution is 2.16. The highest BCUT2D eigenvalue weighted by molar-refractivity contribution is 7.99. The van der Waals surface area contributed by atoms with Crippen LogP contribution in [0.4, 0.5) is 4.39 Å². The number of nitrogens with one attached hydrogen (secondary N) is 1. The summed E-state index contributed by atoms with van der Waals surface area (Å²) in [5, 5.41) is 11.9. The van der Waals surface area contributed by atoms with Crippen molar-refractivity contribution in [3.05, 3.63) is 35.6 Å². The maximum Gasteiger partial charge on any atom is 0.312 e. The minimum Gasteiger partial charge on any atom is -0.481 e. The zero-order chi connectivity index (χ0) is 16.4. The molecule has 0 saturated heterocycles. The number of rotatable bonds is 10. The van der Waals surface area contributed by atoms with Crippen LogP contribution in [0.25, 0.3) is 0 Å². The Morgan fingerprint density at radius 2 is 1.95 bits per heavy atom. The van der Waals surface area contributed by atoms with E-state index in [1.807, 2.05) is 0 Å². The van der Waals surface area contributed by atoms with Crippen molar-refractivity contribution in [1.29, 1.82) is 0 Å². The summed E-state index contributed by atoms with van der Waals surface area (Å²) < 4.78 is 12.9.